The maximum atomic E-state index is 12.3. The van der Waals surface area contributed by atoms with E-state index < -0.39 is 0 Å². The highest BCUT2D eigenvalue weighted by molar-refractivity contribution is 6.31. The van der Waals surface area contributed by atoms with E-state index in [1.807, 2.05) is 30.3 Å². The van der Waals surface area contributed by atoms with Gasteiger partial charge in [-0.2, -0.15) is 10.4 Å². The predicted octanol–water partition coefficient (Wildman–Crippen LogP) is 3.71. The number of carbonyl (C=O) groups excluding carboxylic acids is 1. The van der Waals surface area contributed by atoms with Crippen molar-refractivity contribution in [2.45, 2.75) is 6.54 Å². The molecule has 24 heavy (non-hydrogen) atoms. The summed E-state index contributed by atoms with van der Waals surface area (Å²) in [5, 5.41) is 16.5. The van der Waals surface area contributed by atoms with Crippen LogP contribution in [0.3, 0.4) is 0 Å². The summed E-state index contributed by atoms with van der Waals surface area (Å²) in [6, 6.07) is 17.7. The van der Waals surface area contributed by atoms with Crippen LogP contribution in [0.15, 0.2) is 60.8 Å². The van der Waals surface area contributed by atoms with Crippen LogP contribution < -0.4 is 5.32 Å². The van der Waals surface area contributed by atoms with Crippen molar-refractivity contribution in [2.75, 3.05) is 5.32 Å². The van der Waals surface area contributed by atoms with Gasteiger partial charge < -0.3 is 5.32 Å². The maximum absolute atomic E-state index is 12.3. The fraction of sp³-hybridized carbons (Fsp3) is 0.0556. The molecule has 0 aliphatic carbocycles. The van der Waals surface area contributed by atoms with Crippen LogP contribution in [0.2, 0.25) is 5.02 Å². The molecule has 0 spiro atoms. The summed E-state index contributed by atoms with van der Waals surface area (Å²) >= 11 is 6.17. The van der Waals surface area contributed by atoms with E-state index in [9.17, 15) is 4.79 Å². The van der Waals surface area contributed by atoms with Gasteiger partial charge in [0.1, 0.15) is 5.82 Å². The Hall–Kier alpha value is -3.10. The number of nitriles is 1. The minimum Gasteiger partial charge on any atom is -0.307 e. The topological polar surface area (TPSA) is 70.7 Å². The number of amides is 1. The highest BCUT2D eigenvalue weighted by atomic mass is 35.5. The molecule has 1 heterocycles. The van der Waals surface area contributed by atoms with Crippen LogP contribution in [0.1, 0.15) is 21.5 Å². The van der Waals surface area contributed by atoms with E-state index in [2.05, 4.69) is 10.4 Å². The molecule has 3 rings (SSSR count). The largest absolute Gasteiger partial charge is 0.307 e. The number of carbonyl (C=O) groups is 1. The Labute approximate surface area is 144 Å². The van der Waals surface area contributed by atoms with E-state index in [-0.39, 0.29) is 5.91 Å². The van der Waals surface area contributed by atoms with Gasteiger partial charge in [0.15, 0.2) is 0 Å². The number of benzene rings is 2. The molecule has 0 aliphatic heterocycles. The van der Waals surface area contributed by atoms with Gasteiger partial charge in [-0.15, -0.1) is 0 Å². The molecule has 1 aromatic heterocycles. The summed E-state index contributed by atoms with van der Waals surface area (Å²) in [4.78, 5) is 12.3. The lowest BCUT2D eigenvalue weighted by atomic mass is 10.1. The van der Waals surface area contributed by atoms with Crippen LogP contribution >= 0.6 is 11.6 Å². The summed E-state index contributed by atoms with van der Waals surface area (Å²) in [6.45, 7) is 0.454. The Kier molecular flexibility index (Phi) is 4.59. The van der Waals surface area contributed by atoms with Crippen LogP contribution in [-0.4, -0.2) is 15.7 Å². The van der Waals surface area contributed by atoms with Crippen molar-refractivity contribution in [3.05, 3.63) is 82.5 Å². The number of rotatable bonds is 4. The molecule has 3 aromatic rings. The first kappa shape index (κ1) is 15.8. The Morgan fingerprint density at radius 1 is 1.17 bits per heavy atom. The Morgan fingerprint density at radius 3 is 2.62 bits per heavy atom. The molecule has 1 amide bonds. The monoisotopic (exact) mass is 336 g/mol. The van der Waals surface area contributed by atoms with Gasteiger partial charge in [-0.1, -0.05) is 29.8 Å². The Bertz CT molecular complexity index is 909. The number of nitrogens with zero attached hydrogens (tertiary/aromatic N) is 3. The standard InChI is InChI=1S/C18H13ClN4O/c19-16-4-2-1-3-15(16)12-23-17(9-10-21-23)22-18(24)14-7-5-13(11-20)6-8-14/h1-10H,12H2,(H,22,24). The molecule has 0 radical (unpaired) electrons. The average Bonchev–Trinajstić information content (AvgIpc) is 3.04. The van der Waals surface area contributed by atoms with Crippen LogP contribution in [0.25, 0.3) is 0 Å². The van der Waals surface area contributed by atoms with E-state index in [0.717, 1.165) is 5.56 Å². The molecule has 0 aliphatic rings. The fourth-order valence-corrected chi connectivity index (χ4v) is 2.43. The van der Waals surface area contributed by atoms with Crippen molar-refractivity contribution in [2.24, 2.45) is 0 Å². The van der Waals surface area contributed by atoms with Crippen LogP contribution in [0.5, 0.6) is 0 Å². The van der Waals surface area contributed by atoms with Gasteiger partial charge in [0.05, 0.1) is 24.4 Å². The van der Waals surface area contributed by atoms with Crippen molar-refractivity contribution in [3.8, 4) is 6.07 Å². The summed E-state index contributed by atoms with van der Waals surface area (Å²) in [7, 11) is 0. The molecule has 0 saturated heterocycles. The van der Waals surface area contributed by atoms with Crippen LogP contribution in [0, 0.1) is 11.3 Å². The van der Waals surface area contributed by atoms with Crippen LogP contribution in [0.4, 0.5) is 5.82 Å². The van der Waals surface area contributed by atoms with E-state index in [4.69, 9.17) is 16.9 Å². The molecule has 0 atom stereocenters. The van der Waals surface area contributed by atoms with Crippen molar-refractivity contribution >= 4 is 23.3 Å². The number of halogens is 1. The minimum atomic E-state index is -0.264. The molecule has 2 aromatic carbocycles. The smallest absolute Gasteiger partial charge is 0.256 e. The van der Waals surface area contributed by atoms with E-state index >= 15 is 0 Å². The third-order valence-corrected chi connectivity index (χ3v) is 3.88. The second kappa shape index (κ2) is 6.99. The van der Waals surface area contributed by atoms with Gasteiger partial charge in [0.25, 0.3) is 5.91 Å². The summed E-state index contributed by atoms with van der Waals surface area (Å²) in [6.07, 6.45) is 1.62. The van der Waals surface area contributed by atoms with Gasteiger partial charge in [-0.25, -0.2) is 4.68 Å². The fourth-order valence-electron chi connectivity index (χ4n) is 2.24. The van der Waals surface area contributed by atoms with Gasteiger partial charge in [0, 0.05) is 16.7 Å². The Balaban J connectivity index is 1.76. The minimum absolute atomic E-state index is 0.264. The number of nitrogens with one attached hydrogen (secondary N) is 1. The Morgan fingerprint density at radius 2 is 1.92 bits per heavy atom. The van der Waals surface area contributed by atoms with E-state index in [1.165, 1.54) is 0 Å². The van der Waals surface area contributed by atoms with E-state index in [1.54, 1.807) is 41.2 Å². The number of anilines is 1. The third kappa shape index (κ3) is 3.45. The van der Waals surface area contributed by atoms with Gasteiger partial charge in [-0.05, 0) is 35.9 Å². The molecule has 0 saturated carbocycles. The maximum Gasteiger partial charge on any atom is 0.256 e. The summed E-state index contributed by atoms with van der Waals surface area (Å²) in [5.74, 6) is 0.310. The first-order valence-corrected chi connectivity index (χ1v) is 7.62. The number of aromatic nitrogens is 2. The van der Waals surface area contributed by atoms with Crippen LogP contribution in [-0.2, 0) is 6.54 Å². The quantitative estimate of drug-likeness (QED) is 0.789. The van der Waals surface area contributed by atoms with Crippen molar-refractivity contribution in [1.29, 1.82) is 5.26 Å². The summed E-state index contributed by atoms with van der Waals surface area (Å²) < 4.78 is 1.67. The SMILES string of the molecule is N#Cc1ccc(C(=O)Nc2ccnn2Cc2ccccc2Cl)cc1. The lowest BCUT2D eigenvalue weighted by molar-refractivity contribution is 0.102. The normalized spacial score (nSPS) is 10.2. The molecule has 6 heteroatoms. The highest BCUT2D eigenvalue weighted by Gasteiger charge is 2.11. The summed E-state index contributed by atoms with van der Waals surface area (Å²) in [5.41, 5.74) is 1.89. The lowest BCUT2D eigenvalue weighted by Gasteiger charge is -2.10. The third-order valence-electron chi connectivity index (χ3n) is 3.51. The second-order valence-corrected chi connectivity index (χ2v) is 5.52. The number of hydrogen-bond acceptors (Lipinski definition) is 3. The van der Waals surface area contributed by atoms with E-state index in [0.29, 0.717) is 28.5 Å². The predicted molar refractivity (Wildman–Crippen MR) is 91.9 cm³/mol. The number of hydrogen-bond donors (Lipinski definition) is 1. The lowest BCUT2D eigenvalue weighted by Crippen LogP contribution is -2.16. The zero-order valence-electron chi connectivity index (χ0n) is 12.6. The van der Waals surface area contributed by atoms with Crippen molar-refractivity contribution in [1.82, 2.24) is 9.78 Å². The van der Waals surface area contributed by atoms with Gasteiger partial charge in [-0.3, -0.25) is 4.79 Å². The van der Waals surface area contributed by atoms with Gasteiger partial charge >= 0.3 is 0 Å². The zero-order chi connectivity index (χ0) is 16.9. The molecule has 118 valence electrons. The molecule has 5 nitrogen and oxygen atoms in total. The molecule has 1 N–H and O–H groups in total. The molecular weight excluding hydrogens is 324 g/mol. The zero-order valence-corrected chi connectivity index (χ0v) is 13.4. The molecular formula is C18H13ClN4O. The second-order valence-electron chi connectivity index (χ2n) is 5.11. The molecule has 0 fully saturated rings. The van der Waals surface area contributed by atoms with Gasteiger partial charge in [0.2, 0.25) is 0 Å². The first-order chi connectivity index (χ1) is 11.7. The first-order valence-electron chi connectivity index (χ1n) is 7.24. The molecule has 0 unspecified atom stereocenters. The molecule has 0 bridgehead atoms. The average molecular weight is 337 g/mol. The van der Waals surface area contributed by atoms with Crippen molar-refractivity contribution in [3.63, 3.8) is 0 Å². The highest BCUT2D eigenvalue weighted by Crippen LogP contribution is 2.18. The van der Waals surface area contributed by atoms with Crippen molar-refractivity contribution < 1.29 is 4.79 Å².